The van der Waals surface area contributed by atoms with Crippen molar-refractivity contribution in [3.63, 3.8) is 0 Å². The van der Waals surface area contributed by atoms with Gasteiger partial charge in [0.15, 0.2) is 11.5 Å². The molecule has 0 bridgehead atoms. The average Bonchev–Trinajstić information content (AvgIpc) is 2.41. The standard InChI is InChI=1S/C13H8F2N2O3/c14-8-4-1-3-7(13(19)20)10(8)17-12(18)11-9(15)5-2-6-16-11/h1-6H,(H,17,18)(H,19,20). The van der Waals surface area contributed by atoms with Crippen molar-refractivity contribution in [3.05, 3.63) is 59.4 Å². The lowest BCUT2D eigenvalue weighted by Gasteiger charge is -2.09. The molecule has 7 heteroatoms. The number of halogens is 2. The number of amides is 1. The molecule has 0 radical (unpaired) electrons. The Morgan fingerprint density at radius 3 is 2.45 bits per heavy atom. The molecule has 2 aromatic rings. The van der Waals surface area contributed by atoms with Gasteiger partial charge in [-0.2, -0.15) is 0 Å². The molecule has 102 valence electrons. The summed E-state index contributed by atoms with van der Waals surface area (Å²) in [7, 11) is 0. The van der Waals surface area contributed by atoms with E-state index in [9.17, 15) is 18.4 Å². The lowest BCUT2D eigenvalue weighted by atomic mass is 10.1. The lowest BCUT2D eigenvalue weighted by molar-refractivity contribution is 0.0697. The zero-order valence-electron chi connectivity index (χ0n) is 9.93. The third kappa shape index (κ3) is 2.61. The van der Waals surface area contributed by atoms with Gasteiger partial charge in [-0.3, -0.25) is 4.79 Å². The topological polar surface area (TPSA) is 79.3 Å². The Morgan fingerprint density at radius 1 is 1.10 bits per heavy atom. The number of benzene rings is 1. The summed E-state index contributed by atoms with van der Waals surface area (Å²) in [5.74, 6) is -4.27. The van der Waals surface area contributed by atoms with Crippen molar-refractivity contribution >= 4 is 17.6 Å². The molecule has 1 amide bonds. The van der Waals surface area contributed by atoms with Crippen LogP contribution in [0.15, 0.2) is 36.5 Å². The van der Waals surface area contributed by atoms with E-state index in [1.54, 1.807) is 0 Å². The molecular formula is C13H8F2N2O3. The van der Waals surface area contributed by atoms with E-state index >= 15 is 0 Å². The molecular weight excluding hydrogens is 270 g/mol. The zero-order valence-corrected chi connectivity index (χ0v) is 9.93. The highest BCUT2D eigenvalue weighted by atomic mass is 19.1. The highest BCUT2D eigenvalue weighted by Gasteiger charge is 2.19. The Balaban J connectivity index is 2.38. The van der Waals surface area contributed by atoms with Gasteiger partial charge in [-0.05, 0) is 24.3 Å². The summed E-state index contributed by atoms with van der Waals surface area (Å²) in [5.41, 5.74) is -1.52. The van der Waals surface area contributed by atoms with Crippen LogP contribution in [0.5, 0.6) is 0 Å². The summed E-state index contributed by atoms with van der Waals surface area (Å²) in [6.45, 7) is 0. The Bertz CT molecular complexity index is 689. The third-order valence-electron chi connectivity index (χ3n) is 2.46. The van der Waals surface area contributed by atoms with Crippen LogP contribution in [0.1, 0.15) is 20.8 Å². The van der Waals surface area contributed by atoms with E-state index in [0.717, 1.165) is 18.2 Å². The molecule has 2 N–H and O–H groups in total. The molecule has 20 heavy (non-hydrogen) atoms. The van der Waals surface area contributed by atoms with Crippen LogP contribution in [-0.2, 0) is 0 Å². The van der Waals surface area contributed by atoms with Gasteiger partial charge in [-0.15, -0.1) is 0 Å². The van der Waals surface area contributed by atoms with Crippen LogP contribution >= 0.6 is 0 Å². The van der Waals surface area contributed by atoms with Crippen LogP contribution in [0.2, 0.25) is 0 Å². The number of aromatic nitrogens is 1. The van der Waals surface area contributed by atoms with Gasteiger partial charge in [0.25, 0.3) is 5.91 Å². The number of aromatic carboxylic acids is 1. The number of hydrogen-bond acceptors (Lipinski definition) is 3. The summed E-state index contributed by atoms with van der Waals surface area (Å²) in [6.07, 6.45) is 1.19. The van der Waals surface area contributed by atoms with E-state index in [0.29, 0.717) is 0 Å². The molecule has 0 atom stereocenters. The lowest BCUT2D eigenvalue weighted by Crippen LogP contribution is -2.18. The predicted molar refractivity (Wildman–Crippen MR) is 65.5 cm³/mol. The summed E-state index contributed by atoms with van der Waals surface area (Å²) in [6, 6.07) is 5.60. The number of para-hydroxylation sites is 1. The fourth-order valence-electron chi connectivity index (χ4n) is 1.55. The van der Waals surface area contributed by atoms with E-state index < -0.39 is 40.5 Å². The van der Waals surface area contributed by atoms with Crippen molar-refractivity contribution in [3.8, 4) is 0 Å². The number of carboxylic acid groups (broad SMARTS) is 1. The van der Waals surface area contributed by atoms with Crippen molar-refractivity contribution in [2.45, 2.75) is 0 Å². The molecule has 1 heterocycles. The molecule has 1 aromatic heterocycles. The second-order valence-corrected chi connectivity index (χ2v) is 3.76. The maximum absolute atomic E-state index is 13.6. The van der Waals surface area contributed by atoms with Crippen LogP contribution in [0, 0.1) is 11.6 Å². The minimum atomic E-state index is -1.42. The second-order valence-electron chi connectivity index (χ2n) is 3.76. The van der Waals surface area contributed by atoms with Gasteiger partial charge in [0.2, 0.25) is 0 Å². The number of nitrogens with one attached hydrogen (secondary N) is 1. The first-order valence-corrected chi connectivity index (χ1v) is 5.44. The molecule has 2 rings (SSSR count). The number of rotatable bonds is 3. The first-order valence-electron chi connectivity index (χ1n) is 5.44. The smallest absolute Gasteiger partial charge is 0.337 e. The Labute approximate surface area is 111 Å². The minimum Gasteiger partial charge on any atom is -0.478 e. The van der Waals surface area contributed by atoms with Gasteiger partial charge in [0, 0.05) is 6.20 Å². The summed E-state index contributed by atoms with van der Waals surface area (Å²) < 4.78 is 27.0. The van der Waals surface area contributed by atoms with Crippen LogP contribution < -0.4 is 5.32 Å². The summed E-state index contributed by atoms with van der Waals surface area (Å²) in [5, 5.41) is 10.9. The monoisotopic (exact) mass is 278 g/mol. The van der Waals surface area contributed by atoms with E-state index in [-0.39, 0.29) is 0 Å². The molecule has 1 aromatic carbocycles. The van der Waals surface area contributed by atoms with Gasteiger partial charge in [0.05, 0.1) is 11.3 Å². The molecule has 0 aliphatic carbocycles. The van der Waals surface area contributed by atoms with E-state index in [4.69, 9.17) is 5.11 Å². The quantitative estimate of drug-likeness (QED) is 0.903. The predicted octanol–water partition coefficient (Wildman–Crippen LogP) is 2.31. The number of hydrogen-bond donors (Lipinski definition) is 2. The average molecular weight is 278 g/mol. The summed E-state index contributed by atoms with van der Waals surface area (Å²) in [4.78, 5) is 26.3. The first kappa shape index (κ1) is 13.6. The van der Waals surface area contributed by atoms with Gasteiger partial charge >= 0.3 is 5.97 Å². The van der Waals surface area contributed by atoms with E-state index in [1.807, 2.05) is 5.32 Å². The number of carbonyl (C=O) groups excluding carboxylic acids is 1. The molecule has 5 nitrogen and oxygen atoms in total. The normalized spacial score (nSPS) is 10.1. The fourth-order valence-corrected chi connectivity index (χ4v) is 1.55. The molecule has 0 aliphatic heterocycles. The molecule has 0 saturated carbocycles. The number of pyridine rings is 1. The molecule has 0 aliphatic rings. The fraction of sp³-hybridized carbons (Fsp3) is 0. The molecule has 0 saturated heterocycles. The van der Waals surface area contributed by atoms with Crippen molar-refractivity contribution in [1.29, 1.82) is 0 Å². The van der Waals surface area contributed by atoms with Crippen molar-refractivity contribution in [1.82, 2.24) is 4.98 Å². The molecule has 0 spiro atoms. The van der Waals surface area contributed by atoms with Gasteiger partial charge in [0.1, 0.15) is 5.82 Å². The Kier molecular flexibility index (Phi) is 3.69. The van der Waals surface area contributed by atoms with Crippen LogP contribution in [0.3, 0.4) is 0 Å². The molecule has 0 fully saturated rings. The zero-order chi connectivity index (χ0) is 14.7. The maximum Gasteiger partial charge on any atom is 0.337 e. The number of nitrogens with zero attached hydrogens (tertiary/aromatic N) is 1. The van der Waals surface area contributed by atoms with Gasteiger partial charge < -0.3 is 10.4 Å². The third-order valence-corrected chi connectivity index (χ3v) is 2.46. The van der Waals surface area contributed by atoms with Gasteiger partial charge in [-0.1, -0.05) is 6.07 Å². The number of anilines is 1. The maximum atomic E-state index is 13.6. The Morgan fingerprint density at radius 2 is 1.80 bits per heavy atom. The van der Waals surface area contributed by atoms with Crippen LogP contribution in [0.4, 0.5) is 14.5 Å². The Hall–Kier alpha value is -2.83. The largest absolute Gasteiger partial charge is 0.478 e. The highest BCUT2D eigenvalue weighted by Crippen LogP contribution is 2.20. The highest BCUT2D eigenvalue weighted by molar-refractivity contribution is 6.06. The van der Waals surface area contributed by atoms with Crippen molar-refractivity contribution in [2.24, 2.45) is 0 Å². The number of carboxylic acids is 1. The van der Waals surface area contributed by atoms with Crippen LogP contribution in [0.25, 0.3) is 0 Å². The summed E-state index contributed by atoms with van der Waals surface area (Å²) >= 11 is 0. The minimum absolute atomic E-state index is 0.435. The SMILES string of the molecule is O=C(O)c1cccc(F)c1NC(=O)c1ncccc1F. The van der Waals surface area contributed by atoms with Gasteiger partial charge in [-0.25, -0.2) is 18.6 Å². The number of carbonyl (C=O) groups is 2. The van der Waals surface area contributed by atoms with E-state index in [2.05, 4.69) is 4.98 Å². The van der Waals surface area contributed by atoms with E-state index in [1.165, 1.54) is 18.3 Å². The molecule has 0 unspecified atom stereocenters. The van der Waals surface area contributed by atoms with Crippen LogP contribution in [-0.4, -0.2) is 22.0 Å². The second kappa shape index (κ2) is 5.43. The van der Waals surface area contributed by atoms with Crippen molar-refractivity contribution in [2.75, 3.05) is 5.32 Å². The first-order chi connectivity index (χ1) is 9.50. The van der Waals surface area contributed by atoms with Crippen molar-refractivity contribution < 1.29 is 23.5 Å².